The largest absolute Gasteiger partial charge is 0.351 e. The zero-order valence-electron chi connectivity index (χ0n) is 11.3. The van der Waals surface area contributed by atoms with Gasteiger partial charge >= 0.3 is 0 Å². The van der Waals surface area contributed by atoms with Crippen molar-refractivity contribution in [1.82, 2.24) is 4.57 Å². The third-order valence-electron chi connectivity index (χ3n) is 3.76. The zero-order chi connectivity index (χ0) is 13.6. The average Bonchev–Trinajstić information content (AvgIpc) is 2.94. The third kappa shape index (κ3) is 1.62. The Hall–Kier alpha value is -2.29. The normalized spacial score (nSPS) is 16.8. The monoisotopic (exact) mass is 252 g/mol. The minimum atomic E-state index is 0.0694. The van der Waals surface area contributed by atoms with Gasteiger partial charge in [0.2, 0.25) is 0 Å². The van der Waals surface area contributed by atoms with E-state index in [0.717, 1.165) is 28.1 Å². The van der Waals surface area contributed by atoms with Gasteiger partial charge in [-0.1, -0.05) is 18.2 Å². The molecule has 1 aromatic carbocycles. The van der Waals surface area contributed by atoms with Crippen molar-refractivity contribution in [3.05, 3.63) is 53.9 Å². The van der Waals surface area contributed by atoms with Crippen molar-refractivity contribution in [1.29, 1.82) is 0 Å². The number of para-hydroxylation sites is 1. The highest BCUT2D eigenvalue weighted by Gasteiger charge is 2.31. The molecule has 1 aromatic heterocycles. The molecule has 0 saturated carbocycles. The first kappa shape index (κ1) is 11.8. The van der Waals surface area contributed by atoms with Crippen molar-refractivity contribution in [3.63, 3.8) is 0 Å². The van der Waals surface area contributed by atoms with E-state index in [-0.39, 0.29) is 5.91 Å². The van der Waals surface area contributed by atoms with Crippen LogP contribution >= 0.6 is 0 Å². The maximum Gasteiger partial charge on any atom is 0.259 e. The topological polar surface area (TPSA) is 25.2 Å². The van der Waals surface area contributed by atoms with Gasteiger partial charge in [-0.15, -0.1) is 0 Å². The van der Waals surface area contributed by atoms with Crippen LogP contribution in [0.5, 0.6) is 0 Å². The second-order valence-electron chi connectivity index (χ2n) is 4.89. The highest BCUT2D eigenvalue weighted by molar-refractivity contribution is 6.37. The number of allylic oxidation sites excluding steroid dienone is 1. The number of amides is 1. The predicted molar refractivity (Wildman–Crippen MR) is 77.8 cm³/mol. The molecule has 2 aromatic rings. The molecule has 1 aliphatic heterocycles. The fourth-order valence-corrected chi connectivity index (χ4v) is 2.71. The number of rotatable bonds is 1. The summed E-state index contributed by atoms with van der Waals surface area (Å²) in [6.45, 7) is 2.01. The molecular formula is C16H16N2O. The predicted octanol–water partition coefficient (Wildman–Crippen LogP) is 2.93. The number of aromatic nitrogens is 1. The summed E-state index contributed by atoms with van der Waals surface area (Å²) < 4.78 is 2.04. The number of fused-ring (bicyclic) bond motifs is 1. The molecule has 0 radical (unpaired) electrons. The second kappa shape index (κ2) is 4.12. The van der Waals surface area contributed by atoms with Crippen LogP contribution in [0.4, 0.5) is 5.69 Å². The third-order valence-corrected chi connectivity index (χ3v) is 3.76. The Morgan fingerprint density at radius 1 is 1.05 bits per heavy atom. The van der Waals surface area contributed by atoms with E-state index in [1.54, 1.807) is 4.90 Å². The number of anilines is 1. The molecule has 19 heavy (non-hydrogen) atoms. The van der Waals surface area contributed by atoms with Gasteiger partial charge in [-0.2, -0.15) is 0 Å². The molecule has 0 fully saturated rings. The highest BCUT2D eigenvalue weighted by Crippen LogP contribution is 2.39. The summed E-state index contributed by atoms with van der Waals surface area (Å²) in [6.07, 6.45) is 1.99. The number of carbonyl (C=O) groups excluding carboxylic acids is 1. The fourth-order valence-electron chi connectivity index (χ4n) is 2.71. The Bertz CT molecular complexity index is 694. The molecule has 0 unspecified atom stereocenters. The quantitative estimate of drug-likeness (QED) is 0.716. The summed E-state index contributed by atoms with van der Waals surface area (Å²) in [6, 6.07) is 12.0. The number of carbonyl (C=O) groups is 1. The lowest BCUT2D eigenvalue weighted by molar-refractivity contribution is -0.112. The molecule has 0 atom stereocenters. The van der Waals surface area contributed by atoms with E-state index in [1.807, 2.05) is 68.2 Å². The van der Waals surface area contributed by atoms with Crippen molar-refractivity contribution < 1.29 is 4.79 Å². The lowest BCUT2D eigenvalue weighted by atomic mass is 10.00. The van der Waals surface area contributed by atoms with Gasteiger partial charge in [0.15, 0.2) is 0 Å². The fraction of sp³-hybridized carbons (Fsp3) is 0.188. The Morgan fingerprint density at radius 3 is 2.47 bits per heavy atom. The Balaban J connectivity index is 2.26. The van der Waals surface area contributed by atoms with Crippen LogP contribution in [0.3, 0.4) is 0 Å². The molecule has 96 valence electrons. The number of aryl methyl sites for hydroxylation is 1. The zero-order valence-corrected chi connectivity index (χ0v) is 11.3. The minimum absolute atomic E-state index is 0.0694. The van der Waals surface area contributed by atoms with Crippen LogP contribution in [-0.4, -0.2) is 17.5 Å². The van der Waals surface area contributed by atoms with E-state index in [9.17, 15) is 4.79 Å². The van der Waals surface area contributed by atoms with E-state index in [1.165, 1.54) is 0 Å². The van der Waals surface area contributed by atoms with Crippen molar-refractivity contribution in [2.75, 3.05) is 11.9 Å². The van der Waals surface area contributed by atoms with Gasteiger partial charge in [0.05, 0.1) is 11.3 Å². The maximum absolute atomic E-state index is 12.5. The van der Waals surface area contributed by atoms with Gasteiger partial charge in [-0.05, 0) is 30.7 Å². The van der Waals surface area contributed by atoms with E-state index < -0.39 is 0 Å². The van der Waals surface area contributed by atoms with Gasteiger partial charge in [0.1, 0.15) is 0 Å². The molecule has 0 N–H and O–H groups in total. The molecule has 0 aliphatic carbocycles. The molecule has 0 bridgehead atoms. The van der Waals surface area contributed by atoms with Crippen LogP contribution in [0.15, 0.2) is 42.6 Å². The molecule has 3 rings (SSSR count). The van der Waals surface area contributed by atoms with E-state index in [0.29, 0.717) is 0 Å². The molecule has 3 nitrogen and oxygen atoms in total. The van der Waals surface area contributed by atoms with E-state index in [4.69, 9.17) is 0 Å². The highest BCUT2D eigenvalue weighted by atomic mass is 16.2. The molecule has 3 heteroatoms. The first-order chi connectivity index (χ1) is 9.11. The Morgan fingerprint density at radius 2 is 1.79 bits per heavy atom. The molecule has 1 aliphatic rings. The average molecular weight is 252 g/mol. The molecule has 0 saturated heterocycles. The van der Waals surface area contributed by atoms with Crippen LogP contribution in [0.2, 0.25) is 0 Å². The molecule has 0 spiro atoms. The van der Waals surface area contributed by atoms with Crippen LogP contribution in [-0.2, 0) is 11.8 Å². The number of hydrogen-bond donors (Lipinski definition) is 0. The first-order valence-electron chi connectivity index (χ1n) is 6.31. The van der Waals surface area contributed by atoms with Crippen molar-refractivity contribution in [2.24, 2.45) is 7.05 Å². The van der Waals surface area contributed by atoms with Gasteiger partial charge in [0.25, 0.3) is 5.91 Å². The van der Waals surface area contributed by atoms with Crippen molar-refractivity contribution >= 4 is 22.7 Å². The maximum atomic E-state index is 12.5. The van der Waals surface area contributed by atoms with Crippen molar-refractivity contribution in [3.8, 4) is 0 Å². The Kier molecular flexibility index (Phi) is 2.56. The van der Waals surface area contributed by atoms with Crippen LogP contribution in [0.25, 0.3) is 11.1 Å². The summed E-state index contributed by atoms with van der Waals surface area (Å²) in [5.74, 6) is 0.0694. The number of likely N-dealkylation sites (N-methyl/N-ethyl adjacent to an activating group) is 1. The summed E-state index contributed by atoms with van der Waals surface area (Å²) in [5, 5.41) is 0. The molecular weight excluding hydrogens is 236 g/mol. The van der Waals surface area contributed by atoms with Gasteiger partial charge in [-0.25, -0.2) is 0 Å². The van der Waals surface area contributed by atoms with Crippen molar-refractivity contribution in [2.45, 2.75) is 6.92 Å². The number of benzene rings is 1. The van der Waals surface area contributed by atoms with Gasteiger partial charge in [-0.3, -0.25) is 4.79 Å². The Labute approximate surface area is 112 Å². The number of hydrogen-bond acceptors (Lipinski definition) is 1. The van der Waals surface area contributed by atoms with Crippen LogP contribution in [0, 0.1) is 0 Å². The van der Waals surface area contributed by atoms with E-state index in [2.05, 4.69) is 0 Å². The van der Waals surface area contributed by atoms with E-state index >= 15 is 0 Å². The SMILES string of the molecule is C/C(=C1/C(=O)N(C)c2ccccc21)c1cccn1C. The summed E-state index contributed by atoms with van der Waals surface area (Å²) in [7, 11) is 3.82. The lowest BCUT2D eigenvalue weighted by Crippen LogP contribution is -2.20. The molecule has 2 heterocycles. The summed E-state index contributed by atoms with van der Waals surface area (Å²) in [5.41, 5.74) is 4.91. The van der Waals surface area contributed by atoms with Crippen LogP contribution < -0.4 is 4.90 Å². The second-order valence-corrected chi connectivity index (χ2v) is 4.89. The summed E-state index contributed by atoms with van der Waals surface area (Å²) >= 11 is 0. The molecule has 1 amide bonds. The lowest BCUT2D eigenvalue weighted by Gasteiger charge is -2.09. The van der Waals surface area contributed by atoms with Crippen LogP contribution in [0.1, 0.15) is 18.2 Å². The standard InChI is InChI=1S/C16H16N2O/c1-11(13-9-6-10-17(13)2)15-12-7-4-5-8-14(12)18(3)16(15)19/h4-10H,1-3H3/b15-11-. The number of nitrogens with zero attached hydrogens (tertiary/aromatic N) is 2. The summed E-state index contributed by atoms with van der Waals surface area (Å²) in [4.78, 5) is 14.2. The smallest absolute Gasteiger partial charge is 0.259 e. The van der Waals surface area contributed by atoms with Gasteiger partial charge < -0.3 is 9.47 Å². The minimum Gasteiger partial charge on any atom is -0.351 e. The van der Waals surface area contributed by atoms with Gasteiger partial charge in [0, 0.05) is 31.5 Å². The first-order valence-corrected chi connectivity index (χ1v) is 6.31.